The average molecular weight is 296 g/mol. The Labute approximate surface area is 130 Å². The second kappa shape index (κ2) is 12.6. The molecule has 0 saturated carbocycles. The molecule has 1 rings (SSSR count). The van der Waals surface area contributed by atoms with Crippen molar-refractivity contribution in [1.82, 2.24) is 0 Å². The molecular weight excluding hydrogens is 264 g/mol. The van der Waals surface area contributed by atoms with Gasteiger partial charge in [-0.15, -0.1) is 0 Å². The maximum atomic E-state index is 11.5. The lowest BCUT2D eigenvalue weighted by molar-refractivity contribution is -0.141. The minimum Gasteiger partial charge on any atom is -0.431 e. The van der Waals surface area contributed by atoms with E-state index in [2.05, 4.69) is 20.8 Å². The Bertz CT molecular complexity index is 340. The number of allylic oxidation sites excluding steroid dienone is 2. The van der Waals surface area contributed by atoms with E-state index in [-0.39, 0.29) is 18.2 Å². The number of Topliss-reactive ketones (excluding diaryl/α,β-unsaturated/α-hetero) is 1. The Kier molecular flexibility index (Phi) is 11.9. The number of hydrogen-bond acceptors (Lipinski definition) is 3. The summed E-state index contributed by atoms with van der Waals surface area (Å²) in [4.78, 5) is 22.9. The number of esters is 1. The van der Waals surface area contributed by atoms with Crippen LogP contribution in [0.25, 0.3) is 0 Å². The third-order valence-electron chi connectivity index (χ3n) is 3.54. The molecule has 0 bridgehead atoms. The molecule has 0 aliphatic carbocycles. The Morgan fingerprint density at radius 1 is 0.905 bits per heavy atom. The number of ketones is 1. The average Bonchev–Trinajstić information content (AvgIpc) is 2.47. The zero-order valence-corrected chi connectivity index (χ0v) is 14.3. The molecule has 0 aromatic heterocycles. The summed E-state index contributed by atoms with van der Waals surface area (Å²) in [5.74, 6) is 0.618. The molecule has 1 heterocycles. The second-order valence-corrected chi connectivity index (χ2v) is 5.70. The highest BCUT2D eigenvalue weighted by atomic mass is 16.5. The van der Waals surface area contributed by atoms with Gasteiger partial charge in [0.2, 0.25) is 0 Å². The Morgan fingerprint density at radius 3 is 2.14 bits per heavy atom. The standard InChI is InChI=1S/C14H22O3.C4H10/c1-3-4-5-6-7-13-11(2)10-12(15)8-9-14(16)17-13;1-3-4-2/h3-10H2,1-2H3;3-4H2,1-2H3/b13-11-;. The van der Waals surface area contributed by atoms with Crippen LogP contribution in [-0.4, -0.2) is 11.8 Å². The number of carbonyl (C=O) groups is 2. The van der Waals surface area contributed by atoms with E-state index in [0.29, 0.717) is 12.8 Å². The van der Waals surface area contributed by atoms with E-state index < -0.39 is 0 Å². The van der Waals surface area contributed by atoms with E-state index in [1.165, 1.54) is 25.7 Å². The zero-order chi connectivity index (χ0) is 16.1. The van der Waals surface area contributed by atoms with Crippen molar-refractivity contribution in [2.45, 2.75) is 91.9 Å². The molecule has 0 fully saturated rings. The fourth-order valence-electron chi connectivity index (χ4n) is 1.98. The molecule has 21 heavy (non-hydrogen) atoms. The Balaban J connectivity index is 0.000000885. The largest absolute Gasteiger partial charge is 0.431 e. The van der Waals surface area contributed by atoms with Gasteiger partial charge >= 0.3 is 5.97 Å². The maximum Gasteiger partial charge on any atom is 0.311 e. The number of rotatable bonds is 6. The summed E-state index contributed by atoms with van der Waals surface area (Å²) in [6, 6.07) is 0. The van der Waals surface area contributed by atoms with Crippen LogP contribution in [0.1, 0.15) is 91.9 Å². The molecule has 1 aliphatic heterocycles. The van der Waals surface area contributed by atoms with Crippen molar-refractivity contribution in [2.75, 3.05) is 0 Å². The zero-order valence-electron chi connectivity index (χ0n) is 14.3. The van der Waals surface area contributed by atoms with Gasteiger partial charge in [-0.3, -0.25) is 9.59 Å². The van der Waals surface area contributed by atoms with E-state index >= 15 is 0 Å². The van der Waals surface area contributed by atoms with Gasteiger partial charge in [0.25, 0.3) is 0 Å². The van der Waals surface area contributed by atoms with Gasteiger partial charge in [0.1, 0.15) is 11.5 Å². The molecule has 0 atom stereocenters. The Hall–Kier alpha value is -1.12. The molecule has 0 saturated heterocycles. The van der Waals surface area contributed by atoms with Crippen LogP contribution in [0.4, 0.5) is 0 Å². The molecule has 122 valence electrons. The number of ether oxygens (including phenoxy) is 1. The van der Waals surface area contributed by atoms with Crippen molar-refractivity contribution in [3.63, 3.8) is 0 Å². The number of cyclic esters (lactones) is 1. The van der Waals surface area contributed by atoms with Crippen molar-refractivity contribution < 1.29 is 14.3 Å². The fraction of sp³-hybridized carbons (Fsp3) is 0.778. The summed E-state index contributed by atoms with van der Waals surface area (Å²) in [5, 5.41) is 0. The van der Waals surface area contributed by atoms with Gasteiger partial charge in [0.05, 0.1) is 6.42 Å². The molecule has 3 nitrogen and oxygen atoms in total. The minimum absolute atomic E-state index is 0.144. The van der Waals surface area contributed by atoms with Gasteiger partial charge in [-0.05, 0) is 18.9 Å². The molecule has 0 radical (unpaired) electrons. The molecule has 0 N–H and O–H groups in total. The van der Waals surface area contributed by atoms with E-state index in [9.17, 15) is 9.59 Å². The first kappa shape index (κ1) is 19.9. The van der Waals surface area contributed by atoms with Gasteiger partial charge in [0.15, 0.2) is 0 Å². The highest BCUT2D eigenvalue weighted by Crippen LogP contribution is 2.21. The van der Waals surface area contributed by atoms with Gasteiger partial charge in [-0.2, -0.15) is 0 Å². The summed E-state index contributed by atoms with van der Waals surface area (Å²) in [6.45, 7) is 8.42. The van der Waals surface area contributed by atoms with E-state index in [4.69, 9.17) is 4.74 Å². The van der Waals surface area contributed by atoms with E-state index in [1.54, 1.807) is 0 Å². The first-order valence-electron chi connectivity index (χ1n) is 8.46. The van der Waals surface area contributed by atoms with Crippen LogP contribution >= 0.6 is 0 Å². The van der Waals surface area contributed by atoms with Gasteiger partial charge in [-0.25, -0.2) is 0 Å². The van der Waals surface area contributed by atoms with Crippen molar-refractivity contribution in [3.8, 4) is 0 Å². The first-order chi connectivity index (χ1) is 10.0. The first-order valence-corrected chi connectivity index (χ1v) is 8.46. The molecule has 0 aromatic carbocycles. The third kappa shape index (κ3) is 10.3. The number of carbonyl (C=O) groups excluding carboxylic acids is 2. The predicted octanol–water partition coefficient (Wildman–Crippen LogP) is 5.33. The van der Waals surface area contributed by atoms with E-state index in [0.717, 1.165) is 30.6 Å². The smallest absolute Gasteiger partial charge is 0.311 e. The van der Waals surface area contributed by atoms with Gasteiger partial charge in [-0.1, -0.05) is 52.9 Å². The van der Waals surface area contributed by atoms with Crippen LogP contribution in [0.15, 0.2) is 11.3 Å². The molecule has 0 spiro atoms. The summed E-state index contributed by atoms with van der Waals surface area (Å²) in [5.41, 5.74) is 0.930. The van der Waals surface area contributed by atoms with Crippen LogP contribution in [-0.2, 0) is 14.3 Å². The molecular formula is C18H32O3. The lowest BCUT2D eigenvalue weighted by Crippen LogP contribution is -2.13. The van der Waals surface area contributed by atoms with Crippen LogP contribution in [0.3, 0.4) is 0 Å². The molecule has 0 amide bonds. The van der Waals surface area contributed by atoms with E-state index in [1.807, 2.05) is 6.92 Å². The van der Waals surface area contributed by atoms with Crippen molar-refractivity contribution >= 4 is 11.8 Å². The van der Waals surface area contributed by atoms with Crippen molar-refractivity contribution in [3.05, 3.63) is 11.3 Å². The van der Waals surface area contributed by atoms with Crippen LogP contribution in [0.5, 0.6) is 0 Å². The van der Waals surface area contributed by atoms with Crippen LogP contribution in [0.2, 0.25) is 0 Å². The van der Waals surface area contributed by atoms with Crippen LogP contribution < -0.4 is 0 Å². The lowest BCUT2D eigenvalue weighted by Gasteiger charge is -2.15. The van der Waals surface area contributed by atoms with Gasteiger partial charge in [0, 0.05) is 19.3 Å². The lowest BCUT2D eigenvalue weighted by atomic mass is 10.0. The Morgan fingerprint density at radius 2 is 1.57 bits per heavy atom. The highest BCUT2D eigenvalue weighted by molar-refractivity contribution is 5.85. The molecule has 1 aliphatic rings. The quantitative estimate of drug-likeness (QED) is 0.491. The predicted molar refractivity (Wildman–Crippen MR) is 87.0 cm³/mol. The van der Waals surface area contributed by atoms with Crippen molar-refractivity contribution in [1.29, 1.82) is 0 Å². The molecule has 0 aromatic rings. The highest BCUT2D eigenvalue weighted by Gasteiger charge is 2.17. The summed E-state index contributed by atoms with van der Waals surface area (Å²) < 4.78 is 5.32. The molecule has 3 heteroatoms. The number of hydrogen-bond donors (Lipinski definition) is 0. The summed E-state index contributed by atoms with van der Waals surface area (Å²) >= 11 is 0. The normalized spacial score (nSPS) is 19.2. The van der Waals surface area contributed by atoms with Crippen molar-refractivity contribution in [2.24, 2.45) is 0 Å². The maximum absolute atomic E-state index is 11.5. The fourth-order valence-corrected chi connectivity index (χ4v) is 1.98. The SMILES string of the molecule is CCCC.CCCCCC/C1=C(\C)CC(=O)CCC(=O)O1. The minimum atomic E-state index is -0.261. The summed E-state index contributed by atoms with van der Waals surface area (Å²) in [6.07, 6.45) is 8.99. The summed E-state index contributed by atoms with van der Waals surface area (Å²) in [7, 11) is 0. The van der Waals surface area contributed by atoms with Gasteiger partial charge < -0.3 is 4.74 Å². The van der Waals surface area contributed by atoms with Crippen LogP contribution in [0, 0.1) is 0 Å². The third-order valence-corrected chi connectivity index (χ3v) is 3.54. The molecule has 0 unspecified atom stereocenters. The second-order valence-electron chi connectivity index (χ2n) is 5.70. The number of unbranched alkanes of at least 4 members (excludes halogenated alkanes) is 4. The monoisotopic (exact) mass is 296 g/mol. The topological polar surface area (TPSA) is 43.4 Å².